The minimum Gasteiger partial charge on any atom is -0.454 e. The van der Waals surface area contributed by atoms with E-state index in [0.717, 1.165) is 45.5 Å². The molecule has 0 saturated heterocycles. The van der Waals surface area contributed by atoms with Gasteiger partial charge in [-0.15, -0.1) is 0 Å². The fourth-order valence-electron chi connectivity index (χ4n) is 2.51. The maximum Gasteiger partial charge on any atom is 0.231 e. The average Bonchev–Trinajstić information content (AvgIpc) is 3.26. The molecule has 0 amide bonds. The van der Waals surface area contributed by atoms with Gasteiger partial charge in [-0.25, -0.2) is 0 Å². The number of hydrogen-bond donors (Lipinski definition) is 0. The summed E-state index contributed by atoms with van der Waals surface area (Å²) in [6.07, 6.45) is 0. The Hall–Kier alpha value is -3.06. The minimum atomic E-state index is 0. The van der Waals surface area contributed by atoms with Crippen LogP contribution in [0.2, 0.25) is 0 Å². The van der Waals surface area contributed by atoms with Crippen molar-refractivity contribution in [2.24, 2.45) is 10.2 Å². The summed E-state index contributed by atoms with van der Waals surface area (Å²) in [5, 5.41) is 8.65. The van der Waals surface area contributed by atoms with Gasteiger partial charge in [-0.05, 0) is 50.2 Å². The Morgan fingerprint density at radius 2 is 1.08 bits per heavy atom. The normalized spacial score (nSPS) is 15.1. The van der Waals surface area contributed by atoms with Crippen molar-refractivity contribution in [3.05, 3.63) is 47.5 Å². The summed E-state index contributed by atoms with van der Waals surface area (Å²) in [6.45, 7) is 4.34. The van der Waals surface area contributed by atoms with Crippen LogP contribution >= 0.6 is 0 Å². The van der Waals surface area contributed by atoms with Crippen molar-refractivity contribution < 1.29 is 24.4 Å². The predicted octanol–water partition coefficient (Wildman–Crippen LogP) is 2.55. The molecule has 0 saturated carbocycles. The lowest BCUT2D eigenvalue weighted by Crippen LogP contribution is -1.97. The van der Waals surface area contributed by atoms with Crippen LogP contribution in [0.5, 0.6) is 23.0 Å². The fourth-order valence-corrected chi connectivity index (χ4v) is 2.51. The molecule has 0 aromatic heterocycles. The minimum absolute atomic E-state index is 0. The molecule has 0 radical (unpaired) electrons. The highest BCUT2D eigenvalue weighted by Gasteiger charge is 2.15. The molecule has 4 rings (SSSR count). The van der Waals surface area contributed by atoms with E-state index in [1.807, 2.05) is 50.2 Å². The lowest BCUT2D eigenvalue weighted by atomic mass is 10.1. The second-order valence-corrected chi connectivity index (χ2v) is 5.51. The van der Waals surface area contributed by atoms with Crippen molar-refractivity contribution >= 4 is 11.4 Å². The van der Waals surface area contributed by atoms with Gasteiger partial charge in [-0.3, -0.25) is 0 Å². The third-order valence-corrected chi connectivity index (χ3v) is 3.93. The molecule has 2 aromatic carbocycles. The van der Waals surface area contributed by atoms with Crippen LogP contribution in [0.15, 0.2) is 46.6 Å². The molecule has 2 heterocycles. The topological polar surface area (TPSA) is 93.1 Å². The molecule has 0 fully saturated rings. The van der Waals surface area contributed by atoms with Crippen LogP contribution in [0.1, 0.15) is 25.0 Å². The number of ether oxygens (including phenoxy) is 4. The molecule has 7 heteroatoms. The van der Waals surface area contributed by atoms with Crippen LogP contribution in [-0.4, -0.2) is 30.5 Å². The first-order valence-electron chi connectivity index (χ1n) is 7.59. The van der Waals surface area contributed by atoms with Gasteiger partial charge in [0.05, 0.1) is 11.4 Å². The maximum absolute atomic E-state index is 5.39. The summed E-state index contributed by atoms with van der Waals surface area (Å²) in [4.78, 5) is 0. The summed E-state index contributed by atoms with van der Waals surface area (Å²) in [5.41, 5.74) is 3.49. The Morgan fingerprint density at radius 3 is 1.52 bits per heavy atom. The number of hydrogen-bond acceptors (Lipinski definition) is 6. The molecule has 0 atom stereocenters. The van der Waals surface area contributed by atoms with Gasteiger partial charge in [-0.2, -0.15) is 10.2 Å². The zero-order chi connectivity index (χ0) is 16.5. The van der Waals surface area contributed by atoms with Crippen molar-refractivity contribution in [3.8, 4) is 23.0 Å². The van der Waals surface area contributed by atoms with Crippen LogP contribution < -0.4 is 18.9 Å². The lowest BCUT2D eigenvalue weighted by Gasteiger charge is -2.03. The van der Waals surface area contributed by atoms with Crippen LogP contribution in [0.3, 0.4) is 0 Å². The van der Waals surface area contributed by atoms with Crippen molar-refractivity contribution in [2.45, 2.75) is 13.8 Å². The molecule has 7 nitrogen and oxygen atoms in total. The molecular weight excluding hydrogens is 324 g/mol. The van der Waals surface area contributed by atoms with Gasteiger partial charge in [0, 0.05) is 11.1 Å². The van der Waals surface area contributed by atoms with E-state index in [9.17, 15) is 0 Å². The van der Waals surface area contributed by atoms with E-state index >= 15 is 0 Å². The smallest absolute Gasteiger partial charge is 0.231 e. The Morgan fingerprint density at radius 1 is 0.680 bits per heavy atom. The van der Waals surface area contributed by atoms with Crippen LogP contribution in [0.4, 0.5) is 0 Å². The van der Waals surface area contributed by atoms with Gasteiger partial charge in [0.25, 0.3) is 0 Å². The first-order valence-corrected chi connectivity index (χ1v) is 7.59. The highest BCUT2D eigenvalue weighted by molar-refractivity contribution is 6.02. The quantitative estimate of drug-likeness (QED) is 0.633. The van der Waals surface area contributed by atoms with E-state index < -0.39 is 0 Å². The van der Waals surface area contributed by atoms with Crippen molar-refractivity contribution in [1.82, 2.24) is 0 Å². The van der Waals surface area contributed by atoms with E-state index in [4.69, 9.17) is 18.9 Å². The van der Waals surface area contributed by atoms with Crippen molar-refractivity contribution in [3.63, 3.8) is 0 Å². The van der Waals surface area contributed by atoms with E-state index in [2.05, 4.69) is 10.2 Å². The zero-order valence-electron chi connectivity index (χ0n) is 13.9. The summed E-state index contributed by atoms with van der Waals surface area (Å²) in [7, 11) is 0. The van der Waals surface area contributed by atoms with Gasteiger partial charge in [-0.1, -0.05) is 0 Å². The molecule has 2 aliphatic rings. The van der Waals surface area contributed by atoms with Gasteiger partial charge in [0.15, 0.2) is 23.0 Å². The summed E-state index contributed by atoms with van der Waals surface area (Å²) in [5.74, 6) is 2.98. The highest BCUT2D eigenvalue weighted by atomic mass is 16.7. The van der Waals surface area contributed by atoms with Gasteiger partial charge in [0.1, 0.15) is 0 Å². The SMILES string of the molecule is CC(=NN=C(C)c1ccc2c(c1)OCO2)c1ccc2c(c1)OCO2.O. The highest BCUT2D eigenvalue weighted by Crippen LogP contribution is 2.33. The molecular formula is C18H18N2O5. The van der Waals surface area contributed by atoms with Gasteiger partial charge in [0.2, 0.25) is 13.6 Å². The largest absolute Gasteiger partial charge is 0.454 e. The molecule has 0 bridgehead atoms. The van der Waals surface area contributed by atoms with E-state index in [-0.39, 0.29) is 19.1 Å². The Balaban J connectivity index is 0.00000182. The van der Waals surface area contributed by atoms with Crippen LogP contribution in [0.25, 0.3) is 0 Å². The fraction of sp³-hybridized carbons (Fsp3) is 0.222. The molecule has 25 heavy (non-hydrogen) atoms. The molecule has 2 N–H and O–H groups in total. The van der Waals surface area contributed by atoms with E-state index in [1.165, 1.54) is 0 Å². The summed E-state index contributed by atoms with van der Waals surface area (Å²) < 4.78 is 21.4. The van der Waals surface area contributed by atoms with Crippen molar-refractivity contribution in [1.29, 1.82) is 0 Å². The Kier molecular flexibility index (Phi) is 4.58. The van der Waals surface area contributed by atoms with Gasteiger partial charge >= 0.3 is 0 Å². The van der Waals surface area contributed by atoms with Crippen LogP contribution in [0, 0.1) is 0 Å². The zero-order valence-corrected chi connectivity index (χ0v) is 13.9. The second kappa shape index (κ2) is 6.82. The second-order valence-electron chi connectivity index (χ2n) is 5.51. The third kappa shape index (κ3) is 3.27. The molecule has 0 aliphatic carbocycles. The molecule has 0 unspecified atom stereocenters. The Bertz CT molecular complexity index is 789. The number of rotatable bonds is 3. The lowest BCUT2D eigenvalue weighted by molar-refractivity contribution is 0.173. The molecule has 2 aromatic rings. The number of benzene rings is 2. The van der Waals surface area contributed by atoms with E-state index in [0.29, 0.717) is 0 Å². The molecule has 2 aliphatic heterocycles. The monoisotopic (exact) mass is 342 g/mol. The van der Waals surface area contributed by atoms with Crippen LogP contribution in [-0.2, 0) is 0 Å². The van der Waals surface area contributed by atoms with E-state index in [1.54, 1.807) is 0 Å². The van der Waals surface area contributed by atoms with Gasteiger partial charge < -0.3 is 24.4 Å². The first kappa shape index (κ1) is 16.8. The predicted molar refractivity (Wildman–Crippen MR) is 93.2 cm³/mol. The number of nitrogens with zero attached hydrogens (tertiary/aromatic N) is 2. The first-order chi connectivity index (χ1) is 11.7. The molecule has 130 valence electrons. The van der Waals surface area contributed by atoms with Crippen molar-refractivity contribution in [2.75, 3.05) is 13.6 Å². The maximum atomic E-state index is 5.39. The third-order valence-electron chi connectivity index (χ3n) is 3.93. The average molecular weight is 342 g/mol. The summed E-state index contributed by atoms with van der Waals surface area (Å²) >= 11 is 0. The Labute approximate surface area is 144 Å². The number of fused-ring (bicyclic) bond motifs is 2. The standard InChI is InChI=1S/C18H16N2O4.H2O/c1-11(13-3-5-15-17(7-13)23-9-21-15)19-20-12(2)14-4-6-16-18(8-14)24-10-22-16;/h3-8H,9-10H2,1-2H3;1H2. The summed E-state index contributed by atoms with van der Waals surface area (Å²) in [6, 6.07) is 11.5. The molecule has 0 spiro atoms.